The van der Waals surface area contributed by atoms with Crippen LogP contribution >= 0.6 is 11.8 Å². The van der Waals surface area contributed by atoms with Crippen LogP contribution in [0.3, 0.4) is 0 Å². The van der Waals surface area contributed by atoms with E-state index in [0.29, 0.717) is 12.5 Å². The van der Waals surface area contributed by atoms with E-state index in [9.17, 15) is 0 Å². The van der Waals surface area contributed by atoms with Gasteiger partial charge >= 0.3 is 0 Å². The average Bonchev–Trinajstić information content (AvgIpc) is 2.36. The van der Waals surface area contributed by atoms with Gasteiger partial charge in [-0.25, -0.2) is 0 Å². The quantitative estimate of drug-likeness (QED) is 0.808. The van der Waals surface area contributed by atoms with Crippen LogP contribution in [0.25, 0.3) is 0 Å². The van der Waals surface area contributed by atoms with Crippen molar-refractivity contribution in [2.45, 2.75) is 19.4 Å². The van der Waals surface area contributed by atoms with Crippen molar-refractivity contribution in [3.8, 4) is 0 Å². The number of hydrogen-bond donors (Lipinski definition) is 1. The second-order valence-electron chi connectivity index (χ2n) is 4.61. The lowest BCUT2D eigenvalue weighted by Crippen LogP contribution is -2.20. The minimum atomic E-state index is 0.457. The van der Waals surface area contributed by atoms with Crippen LogP contribution in [0.15, 0.2) is 24.3 Å². The van der Waals surface area contributed by atoms with Gasteiger partial charge in [0.15, 0.2) is 0 Å². The molecule has 0 aromatic heterocycles. The van der Waals surface area contributed by atoms with E-state index in [1.807, 2.05) is 11.8 Å². The van der Waals surface area contributed by atoms with E-state index < -0.39 is 0 Å². The lowest BCUT2D eigenvalue weighted by Gasteiger charge is -2.16. The maximum Gasteiger partial charge on any atom is 0.0231 e. The highest BCUT2D eigenvalue weighted by Gasteiger charge is 2.04. The van der Waals surface area contributed by atoms with Crippen molar-refractivity contribution in [1.29, 1.82) is 0 Å². The Morgan fingerprint density at radius 3 is 2.47 bits per heavy atom. The summed E-state index contributed by atoms with van der Waals surface area (Å²) in [7, 11) is 2.17. The minimum Gasteiger partial charge on any atom is -0.330 e. The zero-order chi connectivity index (χ0) is 12.7. The Hall–Kier alpha value is -0.510. The van der Waals surface area contributed by atoms with Crippen LogP contribution in [0.5, 0.6) is 0 Å². The molecule has 0 amide bonds. The largest absolute Gasteiger partial charge is 0.330 e. The van der Waals surface area contributed by atoms with E-state index >= 15 is 0 Å². The highest BCUT2D eigenvalue weighted by molar-refractivity contribution is 7.98. The molecule has 0 spiro atoms. The van der Waals surface area contributed by atoms with E-state index in [1.54, 1.807) is 0 Å². The molecule has 0 saturated heterocycles. The summed E-state index contributed by atoms with van der Waals surface area (Å²) >= 11 is 1.89. The molecule has 3 heteroatoms. The van der Waals surface area contributed by atoms with Gasteiger partial charge in [0.2, 0.25) is 0 Å². The second kappa shape index (κ2) is 7.75. The first-order valence-electron chi connectivity index (χ1n) is 6.13. The summed E-state index contributed by atoms with van der Waals surface area (Å²) in [6, 6.07) is 8.85. The molecule has 17 heavy (non-hydrogen) atoms. The smallest absolute Gasteiger partial charge is 0.0231 e. The molecule has 0 bridgehead atoms. The fourth-order valence-electron chi connectivity index (χ4n) is 1.73. The molecule has 1 aromatic carbocycles. The van der Waals surface area contributed by atoms with E-state index in [0.717, 1.165) is 13.1 Å². The molecule has 0 aliphatic heterocycles. The van der Waals surface area contributed by atoms with Gasteiger partial charge in [0, 0.05) is 18.8 Å². The van der Waals surface area contributed by atoms with Gasteiger partial charge in [0.05, 0.1) is 0 Å². The van der Waals surface area contributed by atoms with Crippen molar-refractivity contribution in [2.24, 2.45) is 5.73 Å². The third-order valence-corrected chi connectivity index (χ3v) is 3.62. The van der Waals surface area contributed by atoms with Crippen LogP contribution < -0.4 is 5.73 Å². The molecular formula is C14H24N2S. The zero-order valence-electron chi connectivity index (χ0n) is 11.1. The fourth-order valence-corrected chi connectivity index (χ4v) is 2.22. The number of nitrogens with two attached hydrogens (primary N) is 1. The van der Waals surface area contributed by atoms with Crippen molar-refractivity contribution in [3.63, 3.8) is 0 Å². The summed E-state index contributed by atoms with van der Waals surface area (Å²) in [5.74, 6) is 1.65. The predicted octanol–water partition coefficient (Wildman–Crippen LogP) is 2.54. The highest BCUT2D eigenvalue weighted by atomic mass is 32.2. The van der Waals surface area contributed by atoms with Gasteiger partial charge in [0.1, 0.15) is 0 Å². The van der Waals surface area contributed by atoms with Gasteiger partial charge in [-0.3, -0.25) is 0 Å². The number of thioether (sulfide) groups is 1. The summed E-state index contributed by atoms with van der Waals surface area (Å²) < 4.78 is 0. The Kier molecular flexibility index (Phi) is 6.63. The topological polar surface area (TPSA) is 29.3 Å². The summed E-state index contributed by atoms with van der Waals surface area (Å²) in [4.78, 5) is 2.36. The third-order valence-electron chi connectivity index (χ3n) is 3.03. The summed E-state index contributed by atoms with van der Waals surface area (Å²) in [6.45, 7) is 5.05. The maximum atomic E-state index is 5.67. The monoisotopic (exact) mass is 252 g/mol. The Balaban J connectivity index is 2.50. The Bertz CT molecular complexity index is 311. The molecule has 2 nitrogen and oxygen atoms in total. The van der Waals surface area contributed by atoms with E-state index in [-0.39, 0.29) is 0 Å². The van der Waals surface area contributed by atoms with Gasteiger partial charge < -0.3 is 10.6 Å². The molecule has 1 unspecified atom stereocenters. The normalized spacial score (nSPS) is 13.0. The van der Waals surface area contributed by atoms with Crippen LogP contribution in [-0.2, 0) is 6.54 Å². The van der Waals surface area contributed by atoms with E-state index in [1.165, 1.54) is 16.9 Å². The first kappa shape index (κ1) is 14.6. The molecule has 0 heterocycles. The maximum absolute atomic E-state index is 5.67. The van der Waals surface area contributed by atoms with Crippen LogP contribution in [0.1, 0.15) is 24.0 Å². The molecule has 0 aliphatic rings. The van der Waals surface area contributed by atoms with Crippen molar-refractivity contribution < 1.29 is 0 Å². The molecule has 0 aliphatic carbocycles. The fraction of sp³-hybridized carbons (Fsp3) is 0.571. The Labute approximate surface area is 110 Å². The molecule has 1 rings (SSSR count). The number of hydrogen-bond acceptors (Lipinski definition) is 3. The number of rotatable bonds is 7. The van der Waals surface area contributed by atoms with Crippen LogP contribution in [0.2, 0.25) is 0 Å². The lowest BCUT2D eigenvalue weighted by atomic mass is 10.00. The van der Waals surface area contributed by atoms with Gasteiger partial charge in [-0.2, -0.15) is 11.8 Å². The first-order valence-corrected chi connectivity index (χ1v) is 7.53. The first-order chi connectivity index (χ1) is 8.17. The minimum absolute atomic E-state index is 0.457. The average molecular weight is 252 g/mol. The second-order valence-corrected chi connectivity index (χ2v) is 5.59. The molecule has 96 valence electrons. The third kappa shape index (κ3) is 5.11. The number of benzene rings is 1. The van der Waals surface area contributed by atoms with Crippen molar-refractivity contribution in [3.05, 3.63) is 35.4 Å². The molecule has 0 fully saturated rings. The summed E-state index contributed by atoms with van der Waals surface area (Å²) in [5.41, 5.74) is 8.38. The van der Waals surface area contributed by atoms with Gasteiger partial charge in [-0.15, -0.1) is 0 Å². The predicted molar refractivity (Wildman–Crippen MR) is 78.6 cm³/mol. The summed E-state index contributed by atoms with van der Waals surface area (Å²) in [5, 5.41) is 0. The van der Waals surface area contributed by atoms with Crippen molar-refractivity contribution in [2.75, 3.05) is 32.1 Å². The highest BCUT2D eigenvalue weighted by Crippen LogP contribution is 2.15. The number of nitrogens with zero attached hydrogens (tertiary/aromatic N) is 1. The van der Waals surface area contributed by atoms with Gasteiger partial charge in [-0.1, -0.05) is 31.2 Å². The summed E-state index contributed by atoms with van der Waals surface area (Å²) in [6.07, 6.45) is 2.15. The molecular weight excluding hydrogens is 228 g/mol. The van der Waals surface area contributed by atoms with Gasteiger partial charge in [-0.05, 0) is 36.9 Å². The van der Waals surface area contributed by atoms with E-state index in [2.05, 4.69) is 49.4 Å². The molecule has 1 atom stereocenters. The molecule has 0 saturated carbocycles. The lowest BCUT2D eigenvalue weighted by molar-refractivity contribution is 0.349. The van der Waals surface area contributed by atoms with Gasteiger partial charge in [0.25, 0.3) is 0 Å². The Morgan fingerprint density at radius 2 is 1.94 bits per heavy atom. The van der Waals surface area contributed by atoms with Crippen LogP contribution in [0.4, 0.5) is 0 Å². The zero-order valence-corrected chi connectivity index (χ0v) is 12.0. The Morgan fingerprint density at radius 1 is 1.29 bits per heavy atom. The molecule has 1 aromatic rings. The van der Waals surface area contributed by atoms with E-state index in [4.69, 9.17) is 5.73 Å². The molecule has 2 N–H and O–H groups in total. The van der Waals surface area contributed by atoms with Crippen molar-refractivity contribution in [1.82, 2.24) is 4.90 Å². The SMILES string of the molecule is CSCCN(C)Cc1ccc(C(C)CN)cc1. The molecule has 0 radical (unpaired) electrons. The standard InChI is InChI=1S/C14H24N2S/c1-12(10-15)14-6-4-13(5-7-14)11-16(2)8-9-17-3/h4-7,12H,8-11,15H2,1-3H3. The van der Waals surface area contributed by atoms with Crippen LogP contribution in [0, 0.1) is 0 Å². The van der Waals surface area contributed by atoms with Crippen molar-refractivity contribution >= 4 is 11.8 Å². The van der Waals surface area contributed by atoms with Crippen LogP contribution in [-0.4, -0.2) is 37.0 Å².